The summed E-state index contributed by atoms with van der Waals surface area (Å²) in [6, 6.07) is -0.0273. The standard InChI is InChI=1S/C10H14BrN3O3S/c1-6(5-18(3)17)13-10-9(11)7(2)8(4-12-10)14(15)16/h4,6H,5H2,1-3H3,(H,12,13). The van der Waals surface area contributed by atoms with Gasteiger partial charge in [-0.2, -0.15) is 0 Å². The quantitative estimate of drug-likeness (QED) is 0.658. The Morgan fingerprint density at radius 2 is 2.28 bits per heavy atom. The van der Waals surface area contributed by atoms with Crippen LogP contribution in [0.15, 0.2) is 10.7 Å². The molecule has 1 aromatic rings. The number of halogens is 1. The fourth-order valence-electron chi connectivity index (χ4n) is 1.48. The summed E-state index contributed by atoms with van der Waals surface area (Å²) in [5.41, 5.74) is 0.487. The van der Waals surface area contributed by atoms with E-state index in [9.17, 15) is 14.3 Å². The molecule has 0 saturated heterocycles. The number of aromatic nitrogens is 1. The average Bonchev–Trinajstić information content (AvgIpc) is 2.23. The summed E-state index contributed by atoms with van der Waals surface area (Å²) in [5, 5.41) is 13.8. The molecule has 0 saturated carbocycles. The maximum absolute atomic E-state index is 11.1. The van der Waals surface area contributed by atoms with E-state index in [4.69, 9.17) is 0 Å². The van der Waals surface area contributed by atoms with E-state index >= 15 is 0 Å². The second-order valence-corrected chi connectivity index (χ2v) is 6.25. The summed E-state index contributed by atoms with van der Waals surface area (Å²) in [4.78, 5) is 14.3. The lowest BCUT2D eigenvalue weighted by Crippen LogP contribution is -2.23. The van der Waals surface area contributed by atoms with Crippen molar-refractivity contribution < 1.29 is 9.13 Å². The van der Waals surface area contributed by atoms with Crippen LogP contribution < -0.4 is 5.32 Å². The van der Waals surface area contributed by atoms with Crippen LogP contribution in [-0.4, -0.2) is 32.2 Å². The molecular formula is C10H14BrN3O3S. The molecule has 0 radical (unpaired) electrons. The van der Waals surface area contributed by atoms with Gasteiger partial charge in [-0.1, -0.05) is 0 Å². The van der Waals surface area contributed by atoms with Crippen molar-refractivity contribution in [1.82, 2.24) is 4.98 Å². The van der Waals surface area contributed by atoms with Crippen molar-refractivity contribution in [2.75, 3.05) is 17.3 Å². The van der Waals surface area contributed by atoms with E-state index in [1.807, 2.05) is 6.92 Å². The number of nitrogens with one attached hydrogen (secondary N) is 1. The molecule has 6 nitrogen and oxygen atoms in total. The van der Waals surface area contributed by atoms with Gasteiger partial charge in [-0.3, -0.25) is 14.3 Å². The summed E-state index contributed by atoms with van der Waals surface area (Å²) in [6.45, 7) is 3.53. The molecule has 1 aromatic heterocycles. The Balaban J connectivity index is 2.95. The van der Waals surface area contributed by atoms with Crippen LogP contribution in [-0.2, 0) is 10.8 Å². The highest BCUT2D eigenvalue weighted by atomic mass is 79.9. The van der Waals surface area contributed by atoms with Crippen LogP contribution in [0.5, 0.6) is 0 Å². The van der Waals surface area contributed by atoms with Gasteiger partial charge in [0.15, 0.2) is 0 Å². The van der Waals surface area contributed by atoms with Crippen molar-refractivity contribution in [1.29, 1.82) is 0 Å². The highest BCUT2D eigenvalue weighted by Gasteiger charge is 2.18. The van der Waals surface area contributed by atoms with Crippen LogP contribution in [0, 0.1) is 17.0 Å². The Bertz CT molecular complexity index is 496. The normalized spacial score (nSPS) is 14.0. The molecule has 1 N–H and O–H groups in total. The Morgan fingerprint density at radius 1 is 1.67 bits per heavy atom. The summed E-state index contributed by atoms with van der Waals surface area (Å²) in [5.74, 6) is 1.01. The molecule has 2 atom stereocenters. The van der Waals surface area contributed by atoms with Crippen LogP contribution in [0.4, 0.5) is 11.5 Å². The smallest absolute Gasteiger partial charge is 0.291 e. The van der Waals surface area contributed by atoms with Gasteiger partial charge < -0.3 is 5.32 Å². The minimum Gasteiger partial charge on any atom is -0.366 e. The van der Waals surface area contributed by atoms with Crippen molar-refractivity contribution in [3.05, 3.63) is 26.3 Å². The molecule has 0 bridgehead atoms. The number of nitrogens with zero attached hydrogens (tertiary/aromatic N) is 2. The summed E-state index contributed by atoms with van der Waals surface area (Å²) < 4.78 is 11.6. The van der Waals surface area contributed by atoms with Crippen LogP contribution in [0.2, 0.25) is 0 Å². The second kappa shape index (κ2) is 6.24. The van der Waals surface area contributed by atoms with Crippen molar-refractivity contribution in [3.8, 4) is 0 Å². The van der Waals surface area contributed by atoms with Gasteiger partial charge in [-0.25, -0.2) is 4.98 Å². The molecule has 1 rings (SSSR count). The van der Waals surface area contributed by atoms with E-state index in [2.05, 4.69) is 26.2 Å². The van der Waals surface area contributed by atoms with Crippen LogP contribution in [0.25, 0.3) is 0 Å². The molecule has 0 spiro atoms. The summed E-state index contributed by atoms with van der Waals surface area (Å²) in [7, 11) is -0.907. The SMILES string of the molecule is Cc1c([N+](=O)[O-])cnc(NC(C)CS(C)=O)c1Br. The molecule has 0 aliphatic carbocycles. The molecule has 100 valence electrons. The maximum Gasteiger partial charge on any atom is 0.291 e. The topological polar surface area (TPSA) is 85.1 Å². The Kier molecular flexibility index (Phi) is 5.21. The number of hydrogen-bond donors (Lipinski definition) is 1. The number of rotatable bonds is 5. The van der Waals surface area contributed by atoms with Crippen molar-refractivity contribution in [3.63, 3.8) is 0 Å². The first kappa shape index (κ1) is 15.0. The monoisotopic (exact) mass is 335 g/mol. The van der Waals surface area contributed by atoms with Crippen molar-refractivity contribution in [2.45, 2.75) is 19.9 Å². The third kappa shape index (κ3) is 3.74. The van der Waals surface area contributed by atoms with Crippen molar-refractivity contribution >= 4 is 38.2 Å². The fourth-order valence-corrected chi connectivity index (χ4v) is 2.69. The average molecular weight is 336 g/mol. The van der Waals surface area contributed by atoms with Gasteiger partial charge in [-0.05, 0) is 29.8 Å². The first-order valence-electron chi connectivity index (χ1n) is 5.19. The fraction of sp³-hybridized carbons (Fsp3) is 0.500. The van der Waals surface area contributed by atoms with Crippen LogP contribution in [0.1, 0.15) is 12.5 Å². The van der Waals surface area contributed by atoms with Gasteiger partial charge in [0.25, 0.3) is 5.69 Å². The lowest BCUT2D eigenvalue weighted by atomic mass is 10.2. The zero-order valence-electron chi connectivity index (χ0n) is 10.3. The van der Waals surface area contributed by atoms with E-state index in [0.29, 0.717) is 21.6 Å². The summed E-state index contributed by atoms with van der Waals surface area (Å²) in [6.07, 6.45) is 2.85. The Labute approximate surface area is 116 Å². The van der Waals surface area contributed by atoms with E-state index in [1.54, 1.807) is 13.2 Å². The van der Waals surface area contributed by atoms with Crippen molar-refractivity contribution in [2.24, 2.45) is 0 Å². The molecule has 0 aromatic carbocycles. The van der Waals surface area contributed by atoms with Gasteiger partial charge in [-0.15, -0.1) is 0 Å². The number of hydrogen-bond acceptors (Lipinski definition) is 5. The van der Waals surface area contributed by atoms with Gasteiger partial charge in [0.1, 0.15) is 12.0 Å². The van der Waals surface area contributed by atoms with Gasteiger partial charge >= 0.3 is 0 Å². The van der Waals surface area contributed by atoms with E-state index in [-0.39, 0.29) is 11.7 Å². The molecule has 0 fully saturated rings. The molecule has 0 amide bonds. The molecule has 0 aliphatic rings. The van der Waals surface area contributed by atoms with Crippen LogP contribution >= 0.6 is 15.9 Å². The predicted molar refractivity (Wildman–Crippen MR) is 75.3 cm³/mol. The molecule has 0 aliphatic heterocycles. The van der Waals surface area contributed by atoms with Gasteiger partial charge in [0.2, 0.25) is 0 Å². The van der Waals surface area contributed by atoms with Gasteiger partial charge in [0, 0.05) is 34.4 Å². The highest BCUT2D eigenvalue weighted by molar-refractivity contribution is 9.10. The Morgan fingerprint density at radius 3 is 2.78 bits per heavy atom. The number of nitro groups is 1. The van der Waals surface area contributed by atoms with Gasteiger partial charge in [0.05, 0.1) is 9.40 Å². The third-order valence-electron chi connectivity index (χ3n) is 2.30. The first-order valence-corrected chi connectivity index (χ1v) is 7.71. The Hall–Kier alpha value is -1.02. The lowest BCUT2D eigenvalue weighted by Gasteiger charge is -2.15. The minimum atomic E-state index is -0.907. The molecule has 2 unspecified atom stereocenters. The molecule has 8 heteroatoms. The third-order valence-corrected chi connectivity index (χ3v) is 4.24. The molecular weight excluding hydrogens is 322 g/mol. The largest absolute Gasteiger partial charge is 0.366 e. The second-order valence-electron chi connectivity index (χ2n) is 3.97. The zero-order valence-corrected chi connectivity index (χ0v) is 12.7. The van der Waals surface area contributed by atoms with E-state index in [0.717, 1.165) is 0 Å². The minimum absolute atomic E-state index is 0.0273. The summed E-state index contributed by atoms with van der Waals surface area (Å²) >= 11 is 3.29. The first-order chi connectivity index (χ1) is 8.32. The zero-order chi connectivity index (χ0) is 13.9. The van der Waals surface area contributed by atoms with E-state index < -0.39 is 15.7 Å². The number of anilines is 1. The van der Waals surface area contributed by atoms with Crippen LogP contribution in [0.3, 0.4) is 0 Å². The maximum atomic E-state index is 11.1. The predicted octanol–water partition coefficient (Wildman–Crippen LogP) is 2.24. The molecule has 1 heterocycles. The molecule has 18 heavy (non-hydrogen) atoms. The van der Waals surface area contributed by atoms with E-state index in [1.165, 1.54) is 6.20 Å². The highest BCUT2D eigenvalue weighted by Crippen LogP contribution is 2.30. The lowest BCUT2D eigenvalue weighted by molar-refractivity contribution is -0.385. The number of pyridine rings is 1.